The Morgan fingerprint density at radius 3 is 2.67 bits per heavy atom. The van der Waals surface area contributed by atoms with Gasteiger partial charge in [-0.3, -0.25) is 4.90 Å². The van der Waals surface area contributed by atoms with Crippen molar-refractivity contribution in [2.24, 2.45) is 0 Å². The molecule has 2 nitrogen and oxygen atoms in total. The average Bonchev–Trinajstić information content (AvgIpc) is 2.85. The number of rotatable bonds is 5. The van der Waals surface area contributed by atoms with E-state index in [1.54, 1.807) is 0 Å². The summed E-state index contributed by atoms with van der Waals surface area (Å²) in [6.07, 6.45) is 4.33. The molecular formula is C13H22Cl2N2S. The summed E-state index contributed by atoms with van der Waals surface area (Å²) >= 11 is 1.88. The number of piperazine rings is 1. The fourth-order valence-electron chi connectivity index (χ4n) is 2.26. The molecule has 0 saturated carbocycles. The zero-order valence-corrected chi connectivity index (χ0v) is 13.0. The molecule has 1 aliphatic rings. The Kier molecular flexibility index (Phi) is 9.78. The van der Waals surface area contributed by atoms with E-state index in [0.29, 0.717) is 6.04 Å². The third kappa shape index (κ3) is 4.90. The fraction of sp³-hybridized carbons (Fsp3) is 0.538. The standard InChI is InChI=1S/C13H20N2S.2ClH/c1-2-3-5-12(13-6-4-11-16-13)15-9-7-14-8-10-15;;/h2,4,6,11-12,14H,1,3,5,7-10H2;2*1H/t12-;;/m1../s1. The maximum atomic E-state index is 3.83. The van der Waals surface area contributed by atoms with Crippen LogP contribution in [-0.4, -0.2) is 31.1 Å². The third-order valence-electron chi connectivity index (χ3n) is 3.11. The summed E-state index contributed by atoms with van der Waals surface area (Å²) < 4.78 is 0. The van der Waals surface area contributed by atoms with Crippen LogP contribution in [0, 0.1) is 0 Å². The van der Waals surface area contributed by atoms with Crippen LogP contribution in [0.3, 0.4) is 0 Å². The number of halogens is 2. The van der Waals surface area contributed by atoms with Gasteiger partial charge in [-0.1, -0.05) is 12.1 Å². The van der Waals surface area contributed by atoms with Crippen LogP contribution < -0.4 is 5.32 Å². The predicted molar refractivity (Wildman–Crippen MR) is 85.4 cm³/mol. The highest BCUT2D eigenvalue weighted by molar-refractivity contribution is 7.10. The lowest BCUT2D eigenvalue weighted by Gasteiger charge is -2.34. The average molecular weight is 309 g/mol. The van der Waals surface area contributed by atoms with Crippen molar-refractivity contribution in [3.05, 3.63) is 35.0 Å². The van der Waals surface area contributed by atoms with Crippen molar-refractivity contribution in [3.8, 4) is 0 Å². The van der Waals surface area contributed by atoms with Crippen LogP contribution in [0.2, 0.25) is 0 Å². The minimum Gasteiger partial charge on any atom is -0.314 e. The molecule has 1 aromatic rings. The van der Waals surface area contributed by atoms with Crippen molar-refractivity contribution in [1.29, 1.82) is 0 Å². The number of allylic oxidation sites excluding steroid dienone is 1. The summed E-state index contributed by atoms with van der Waals surface area (Å²) in [6, 6.07) is 5.02. The molecule has 5 heteroatoms. The topological polar surface area (TPSA) is 15.3 Å². The molecule has 1 N–H and O–H groups in total. The van der Waals surface area contributed by atoms with Gasteiger partial charge in [0.2, 0.25) is 0 Å². The van der Waals surface area contributed by atoms with E-state index in [1.807, 2.05) is 17.4 Å². The maximum absolute atomic E-state index is 3.83. The Balaban J connectivity index is 0.00000144. The molecule has 18 heavy (non-hydrogen) atoms. The van der Waals surface area contributed by atoms with Crippen LogP contribution in [0.5, 0.6) is 0 Å². The van der Waals surface area contributed by atoms with E-state index < -0.39 is 0 Å². The molecule has 0 spiro atoms. The Morgan fingerprint density at radius 2 is 2.11 bits per heavy atom. The van der Waals surface area contributed by atoms with E-state index in [0.717, 1.165) is 19.5 Å². The zero-order chi connectivity index (χ0) is 11.2. The van der Waals surface area contributed by atoms with E-state index in [-0.39, 0.29) is 24.8 Å². The van der Waals surface area contributed by atoms with Crippen molar-refractivity contribution in [2.45, 2.75) is 18.9 Å². The van der Waals surface area contributed by atoms with Gasteiger partial charge in [-0.15, -0.1) is 42.7 Å². The molecule has 1 atom stereocenters. The second-order valence-corrected chi connectivity index (χ2v) is 5.16. The number of nitrogens with zero attached hydrogens (tertiary/aromatic N) is 1. The van der Waals surface area contributed by atoms with Crippen LogP contribution in [0.4, 0.5) is 0 Å². The highest BCUT2D eigenvalue weighted by Gasteiger charge is 2.21. The molecule has 1 aromatic heterocycles. The van der Waals surface area contributed by atoms with Crippen molar-refractivity contribution >= 4 is 36.2 Å². The van der Waals surface area contributed by atoms with E-state index in [1.165, 1.54) is 24.4 Å². The zero-order valence-electron chi connectivity index (χ0n) is 10.5. The Morgan fingerprint density at radius 1 is 1.39 bits per heavy atom. The number of hydrogen-bond donors (Lipinski definition) is 1. The number of hydrogen-bond acceptors (Lipinski definition) is 3. The molecule has 0 aliphatic carbocycles. The molecule has 104 valence electrons. The van der Waals surface area contributed by atoms with Crippen molar-refractivity contribution in [2.75, 3.05) is 26.2 Å². The van der Waals surface area contributed by atoms with Crippen molar-refractivity contribution in [1.82, 2.24) is 10.2 Å². The first-order valence-corrected chi connectivity index (χ1v) is 6.89. The Labute approximate surface area is 126 Å². The van der Waals surface area contributed by atoms with Crippen LogP contribution >= 0.6 is 36.2 Å². The summed E-state index contributed by atoms with van der Waals surface area (Å²) in [5.74, 6) is 0. The molecule has 0 unspecified atom stereocenters. The first-order valence-electron chi connectivity index (χ1n) is 6.01. The Hall–Kier alpha value is -0.0600. The SMILES string of the molecule is C=CCC[C@H](c1cccs1)N1CCNCC1.Cl.Cl. The van der Waals surface area contributed by atoms with Crippen LogP contribution in [-0.2, 0) is 0 Å². The lowest BCUT2D eigenvalue weighted by molar-refractivity contribution is 0.168. The molecule has 1 saturated heterocycles. The van der Waals surface area contributed by atoms with Crippen LogP contribution in [0.15, 0.2) is 30.2 Å². The first-order chi connectivity index (χ1) is 7.92. The quantitative estimate of drug-likeness (QED) is 0.838. The summed E-state index contributed by atoms with van der Waals surface area (Å²) in [5.41, 5.74) is 0. The summed E-state index contributed by atoms with van der Waals surface area (Å²) in [5, 5.41) is 5.59. The molecule has 0 bridgehead atoms. The van der Waals surface area contributed by atoms with Crippen LogP contribution in [0.1, 0.15) is 23.8 Å². The third-order valence-corrected chi connectivity index (χ3v) is 4.08. The smallest absolute Gasteiger partial charge is 0.0445 e. The van der Waals surface area contributed by atoms with Gasteiger partial charge < -0.3 is 5.32 Å². The first kappa shape index (κ1) is 17.9. The molecule has 1 fully saturated rings. The van der Waals surface area contributed by atoms with E-state index in [9.17, 15) is 0 Å². The van der Waals surface area contributed by atoms with Gasteiger partial charge in [0, 0.05) is 37.1 Å². The summed E-state index contributed by atoms with van der Waals surface area (Å²) in [7, 11) is 0. The fourth-order valence-corrected chi connectivity index (χ4v) is 3.15. The highest BCUT2D eigenvalue weighted by Crippen LogP contribution is 2.29. The van der Waals surface area contributed by atoms with Gasteiger partial charge in [0.1, 0.15) is 0 Å². The largest absolute Gasteiger partial charge is 0.314 e. The van der Waals surface area contributed by atoms with Crippen molar-refractivity contribution in [3.63, 3.8) is 0 Å². The normalized spacial score (nSPS) is 17.3. The lowest BCUT2D eigenvalue weighted by Crippen LogP contribution is -2.45. The summed E-state index contributed by atoms with van der Waals surface area (Å²) in [4.78, 5) is 4.11. The molecule has 0 aromatic carbocycles. The monoisotopic (exact) mass is 308 g/mol. The van der Waals surface area contributed by atoms with E-state index in [2.05, 4.69) is 34.3 Å². The molecular weight excluding hydrogens is 287 g/mol. The van der Waals surface area contributed by atoms with Crippen LogP contribution in [0.25, 0.3) is 0 Å². The summed E-state index contributed by atoms with van der Waals surface area (Å²) in [6.45, 7) is 8.41. The molecule has 2 heterocycles. The van der Waals surface area contributed by atoms with Gasteiger partial charge in [-0.2, -0.15) is 0 Å². The molecule has 2 rings (SSSR count). The van der Waals surface area contributed by atoms with Crippen molar-refractivity contribution < 1.29 is 0 Å². The minimum absolute atomic E-state index is 0. The Bertz CT molecular complexity index is 311. The predicted octanol–water partition coefficient (Wildman–Crippen LogP) is 3.50. The van der Waals surface area contributed by atoms with Gasteiger partial charge in [0.05, 0.1) is 0 Å². The number of nitrogens with one attached hydrogen (secondary N) is 1. The van der Waals surface area contributed by atoms with Gasteiger partial charge >= 0.3 is 0 Å². The van der Waals surface area contributed by atoms with Gasteiger partial charge in [0.25, 0.3) is 0 Å². The minimum atomic E-state index is 0. The molecule has 1 aliphatic heterocycles. The van der Waals surface area contributed by atoms with Gasteiger partial charge in [-0.25, -0.2) is 0 Å². The van der Waals surface area contributed by atoms with Gasteiger partial charge in [-0.05, 0) is 24.3 Å². The second kappa shape index (κ2) is 9.82. The highest BCUT2D eigenvalue weighted by atomic mass is 35.5. The van der Waals surface area contributed by atoms with E-state index >= 15 is 0 Å². The number of thiophene rings is 1. The maximum Gasteiger partial charge on any atom is 0.0445 e. The molecule has 0 amide bonds. The lowest BCUT2D eigenvalue weighted by atomic mass is 10.1. The van der Waals surface area contributed by atoms with E-state index in [4.69, 9.17) is 0 Å². The molecule has 0 radical (unpaired) electrons. The van der Waals surface area contributed by atoms with Gasteiger partial charge in [0.15, 0.2) is 0 Å². The second-order valence-electron chi connectivity index (χ2n) is 4.18.